The highest BCUT2D eigenvalue weighted by molar-refractivity contribution is 5.74. The minimum absolute atomic E-state index is 0.0154. The lowest BCUT2D eigenvalue weighted by Crippen LogP contribution is -2.55. The fourth-order valence-electron chi connectivity index (χ4n) is 3.71. The molecule has 3 N–H and O–H groups in total. The fourth-order valence-corrected chi connectivity index (χ4v) is 3.71. The van der Waals surface area contributed by atoms with Crippen LogP contribution in [0.5, 0.6) is 0 Å². The van der Waals surface area contributed by atoms with Gasteiger partial charge in [0.25, 0.3) is 0 Å². The molecular weight excluding hydrogens is 245 g/mol. The van der Waals surface area contributed by atoms with Crippen LogP contribution in [0.3, 0.4) is 0 Å². The van der Waals surface area contributed by atoms with E-state index in [1.165, 1.54) is 0 Å². The second kappa shape index (κ2) is 4.93. The van der Waals surface area contributed by atoms with Crippen LogP contribution in [-0.4, -0.2) is 42.3 Å². The van der Waals surface area contributed by atoms with E-state index in [4.69, 9.17) is 5.73 Å². The van der Waals surface area contributed by atoms with Gasteiger partial charge in [0.1, 0.15) is 6.17 Å². The third-order valence-corrected chi connectivity index (χ3v) is 5.30. The van der Waals surface area contributed by atoms with Crippen LogP contribution in [0, 0.1) is 11.8 Å². The molecule has 1 aliphatic heterocycles. The van der Waals surface area contributed by atoms with Crippen LogP contribution in [0.15, 0.2) is 0 Å². The molecule has 0 aromatic rings. The Morgan fingerprint density at radius 1 is 1.32 bits per heavy atom. The Labute approximate surface area is 113 Å². The number of nitrogens with two attached hydrogens (primary N) is 1. The van der Waals surface area contributed by atoms with E-state index >= 15 is 0 Å². The van der Waals surface area contributed by atoms with Gasteiger partial charge >= 0.3 is 6.03 Å². The number of nitrogens with one attached hydrogen (secondary N) is 1. The first-order valence-electron chi connectivity index (χ1n) is 7.52. The van der Waals surface area contributed by atoms with Crippen molar-refractivity contribution < 1.29 is 9.18 Å². The molecule has 2 aliphatic carbocycles. The number of urea groups is 1. The van der Waals surface area contributed by atoms with E-state index in [-0.39, 0.29) is 11.6 Å². The average Bonchev–Trinajstić information content (AvgIpc) is 2.62. The number of rotatable bonds is 2. The smallest absolute Gasteiger partial charge is 0.317 e. The zero-order chi connectivity index (χ0) is 13.5. The molecule has 0 bridgehead atoms. The maximum Gasteiger partial charge on any atom is 0.317 e. The normalized spacial score (nSPS) is 41.6. The molecule has 0 radical (unpaired) electrons. The molecule has 1 heterocycles. The summed E-state index contributed by atoms with van der Waals surface area (Å²) < 4.78 is 13.0. The van der Waals surface area contributed by atoms with Crippen LogP contribution >= 0.6 is 0 Å². The first-order chi connectivity index (χ1) is 9.07. The van der Waals surface area contributed by atoms with Crippen molar-refractivity contribution >= 4 is 6.03 Å². The van der Waals surface area contributed by atoms with E-state index in [1.807, 2.05) is 4.90 Å². The lowest BCUT2D eigenvalue weighted by Gasteiger charge is -2.39. The Morgan fingerprint density at radius 2 is 2.05 bits per heavy atom. The Hall–Kier alpha value is -0.840. The number of hydrogen-bond acceptors (Lipinski definition) is 2. The molecule has 3 aliphatic rings. The van der Waals surface area contributed by atoms with Crippen molar-refractivity contribution in [3.63, 3.8) is 0 Å². The summed E-state index contributed by atoms with van der Waals surface area (Å²) in [6.45, 7) is 2.19. The van der Waals surface area contributed by atoms with Crippen molar-refractivity contribution in [2.75, 3.05) is 19.6 Å². The first-order valence-corrected chi connectivity index (χ1v) is 7.52. The van der Waals surface area contributed by atoms with Gasteiger partial charge in [-0.15, -0.1) is 0 Å². The number of fused-ring (bicyclic) bond motifs is 1. The molecule has 0 spiro atoms. The number of nitrogens with zero attached hydrogens (tertiary/aromatic N) is 1. The number of halogens is 1. The molecule has 0 aromatic heterocycles. The quantitative estimate of drug-likeness (QED) is 0.801. The molecule has 2 amide bonds. The maximum absolute atomic E-state index is 13.0. The second-order valence-corrected chi connectivity index (χ2v) is 6.65. The lowest BCUT2D eigenvalue weighted by atomic mass is 9.70. The number of carbonyl (C=O) groups excluding carboxylic acids is 1. The number of hydrogen-bond donors (Lipinski definition) is 2. The van der Waals surface area contributed by atoms with Crippen molar-refractivity contribution in [3.8, 4) is 0 Å². The molecule has 0 unspecified atom stereocenters. The number of carbonyl (C=O) groups is 1. The molecule has 0 aromatic carbocycles. The van der Waals surface area contributed by atoms with Gasteiger partial charge in [-0.05, 0) is 50.4 Å². The molecule has 2 saturated carbocycles. The predicted molar refractivity (Wildman–Crippen MR) is 71.5 cm³/mol. The largest absolute Gasteiger partial charge is 0.338 e. The predicted octanol–water partition coefficient (Wildman–Crippen LogP) is 1.65. The Bertz CT molecular complexity index is 357. The van der Waals surface area contributed by atoms with E-state index in [0.29, 0.717) is 37.8 Å². The lowest BCUT2D eigenvalue weighted by molar-refractivity contribution is 0.185. The highest BCUT2D eigenvalue weighted by Crippen LogP contribution is 2.42. The van der Waals surface area contributed by atoms with Gasteiger partial charge in [0.15, 0.2) is 0 Å². The van der Waals surface area contributed by atoms with Crippen molar-refractivity contribution in [1.82, 2.24) is 10.2 Å². The van der Waals surface area contributed by atoms with Gasteiger partial charge < -0.3 is 16.0 Å². The van der Waals surface area contributed by atoms with Gasteiger partial charge in [-0.2, -0.15) is 0 Å². The topological polar surface area (TPSA) is 58.4 Å². The number of likely N-dealkylation sites (tertiary alicyclic amines) is 1. The van der Waals surface area contributed by atoms with E-state index < -0.39 is 6.17 Å². The summed E-state index contributed by atoms with van der Waals surface area (Å²) >= 11 is 0. The molecule has 3 rings (SSSR count). The summed E-state index contributed by atoms with van der Waals surface area (Å²) in [4.78, 5) is 14.0. The van der Waals surface area contributed by atoms with Crippen molar-refractivity contribution in [2.45, 2.75) is 50.2 Å². The SMILES string of the molecule is N[C@]12CC[C@H]1CN(C(=O)NCC1CCC(F)CC1)C2. The first kappa shape index (κ1) is 13.2. The van der Waals surface area contributed by atoms with Crippen LogP contribution < -0.4 is 11.1 Å². The third-order valence-electron chi connectivity index (χ3n) is 5.30. The Kier molecular flexibility index (Phi) is 3.41. The van der Waals surface area contributed by atoms with Crippen molar-refractivity contribution in [1.29, 1.82) is 0 Å². The third kappa shape index (κ3) is 2.57. The fraction of sp³-hybridized carbons (Fsp3) is 0.929. The zero-order valence-electron chi connectivity index (χ0n) is 11.4. The standard InChI is InChI=1S/C14H24FN3O/c15-12-3-1-10(2-4-12)7-17-13(19)18-8-11-5-6-14(11,16)9-18/h10-12H,1-9,16H2,(H,17,19)/t10?,11-,12?,14-/m0/s1. The Morgan fingerprint density at radius 3 is 2.58 bits per heavy atom. The molecule has 4 nitrogen and oxygen atoms in total. The summed E-state index contributed by atoms with van der Waals surface area (Å²) in [5, 5.41) is 3.00. The molecule has 1 saturated heterocycles. The van der Waals surface area contributed by atoms with Crippen molar-refractivity contribution in [3.05, 3.63) is 0 Å². The summed E-state index contributed by atoms with van der Waals surface area (Å²) in [6.07, 6.45) is 4.66. The van der Waals surface area contributed by atoms with Gasteiger partial charge in [-0.3, -0.25) is 0 Å². The van der Waals surface area contributed by atoms with Crippen LogP contribution in [0.1, 0.15) is 38.5 Å². The average molecular weight is 269 g/mol. The highest BCUT2D eigenvalue weighted by Gasteiger charge is 2.51. The minimum atomic E-state index is -0.627. The molecule has 19 heavy (non-hydrogen) atoms. The van der Waals surface area contributed by atoms with Crippen LogP contribution in [0.4, 0.5) is 9.18 Å². The van der Waals surface area contributed by atoms with Gasteiger partial charge in [-0.1, -0.05) is 0 Å². The molecular formula is C14H24FN3O. The van der Waals surface area contributed by atoms with E-state index in [2.05, 4.69) is 5.32 Å². The van der Waals surface area contributed by atoms with Crippen LogP contribution in [0.2, 0.25) is 0 Å². The van der Waals surface area contributed by atoms with Crippen LogP contribution in [-0.2, 0) is 0 Å². The van der Waals surface area contributed by atoms with Crippen LogP contribution in [0.25, 0.3) is 0 Å². The monoisotopic (exact) mass is 269 g/mol. The Balaban J connectivity index is 1.42. The molecule has 3 fully saturated rings. The maximum atomic E-state index is 13.0. The number of amides is 2. The summed E-state index contributed by atoms with van der Waals surface area (Å²) in [7, 11) is 0. The molecule has 5 heteroatoms. The number of alkyl halides is 1. The van der Waals surface area contributed by atoms with Crippen molar-refractivity contribution in [2.24, 2.45) is 17.6 Å². The summed E-state index contributed by atoms with van der Waals surface area (Å²) in [5.41, 5.74) is 6.12. The minimum Gasteiger partial charge on any atom is -0.338 e. The van der Waals surface area contributed by atoms with E-state index in [1.54, 1.807) is 0 Å². The van der Waals surface area contributed by atoms with E-state index in [9.17, 15) is 9.18 Å². The molecule has 108 valence electrons. The van der Waals surface area contributed by atoms with Gasteiger partial charge in [-0.25, -0.2) is 9.18 Å². The van der Waals surface area contributed by atoms with Gasteiger partial charge in [0.2, 0.25) is 0 Å². The second-order valence-electron chi connectivity index (χ2n) is 6.65. The highest BCUT2D eigenvalue weighted by atomic mass is 19.1. The summed E-state index contributed by atoms with van der Waals surface area (Å²) in [5.74, 6) is 0.947. The van der Waals surface area contributed by atoms with Gasteiger partial charge in [0, 0.05) is 25.2 Å². The summed E-state index contributed by atoms with van der Waals surface area (Å²) in [6, 6.07) is 0.0154. The van der Waals surface area contributed by atoms with Gasteiger partial charge in [0.05, 0.1) is 0 Å². The molecule has 2 atom stereocenters. The van der Waals surface area contributed by atoms with E-state index in [0.717, 1.165) is 32.2 Å². The zero-order valence-corrected chi connectivity index (χ0v) is 11.4.